The van der Waals surface area contributed by atoms with Crippen molar-refractivity contribution in [1.29, 1.82) is 0 Å². The first-order valence-electron chi connectivity index (χ1n) is 30.7. The molecule has 13 N–H and O–H groups in total. The van der Waals surface area contributed by atoms with E-state index in [0.29, 0.717) is 25.0 Å². The van der Waals surface area contributed by atoms with Gasteiger partial charge in [-0.2, -0.15) is 0 Å². The maximum atomic E-state index is 13.8. The molecular weight excluding hydrogens is 1530 g/mol. The van der Waals surface area contributed by atoms with Gasteiger partial charge in [-0.25, -0.2) is 21.5 Å². The Balaban J connectivity index is 0. The van der Waals surface area contributed by atoms with Gasteiger partial charge in [-0.15, -0.1) is 18.3 Å². The van der Waals surface area contributed by atoms with Crippen LogP contribution in [-0.4, -0.2) is 330 Å². The summed E-state index contributed by atoms with van der Waals surface area (Å²) in [7, 11) is -9.83. The van der Waals surface area contributed by atoms with Gasteiger partial charge in [0.15, 0.2) is 12.6 Å². The van der Waals surface area contributed by atoms with Crippen molar-refractivity contribution in [2.75, 3.05) is 59.3 Å². The van der Waals surface area contributed by atoms with Gasteiger partial charge in [-0.05, 0) is 37.9 Å². The molecule has 0 radical (unpaired) electrons. The van der Waals surface area contributed by atoms with Crippen LogP contribution in [0, 0.1) is 25.7 Å². The van der Waals surface area contributed by atoms with E-state index in [0.717, 1.165) is 0 Å². The molecule has 4 amide bonds. The number of aliphatic carboxylic acids is 2. The molecule has 0 aromatic carbocycles. The molecule has 0 aliphatic carbocycles. The van der Waals surface area contributed by atoms with E-state index in [1.165, 1.54) is 26.6 Å². The number of carbonyl (C=O) groups excluding carboxylic acids is 6. The Kier molecular flexibility index (Phi) is 53.6. The zero-order chi connectivity index (χ0) is 74.7. The quantitative estimate of drug-likeness (QED) is 0.00580. The summed E-state index contributed by atoms with van der Waals surface area (Å²) in [6.45, 7) is 14.6. The van der Waals surface area contributed by atoms with Crippen LogP contribution in [0.5, 0.6) is 0 Å². The fourth-order valence-corrected chi connectivity index (χ4v) is 10.9. The third-order valence-corrected chi connectivity index (χ3v) is 15.9. The molecule has 0 bridgehead atoms. The van der Waals surface area contributed by atoms with Crippen LogP contribution in [0.25, 0.3) is 11.5 Å². The number of carboxylic acid groups (broad SMARTS) is 2. The van der Waals surface area contributed by atoms with Gasteiger partial charge in [-0.3, -0.25) is 33.2 Å². The van der Waals surface area contributed by atoms with E-state index in [1.54, 1.807) is 6.20 Å². The standard InChI is InChI=1S/C55H82N8O27.6Na.2H2O4S/c1-5-28-32-33(29(6-2)86-28)49(75)63(48(32)74)15-9-7-8-14-61(23-27-24-62(60-59-27)16-20-81-21-22-83-55-43(73)41(71)45(47(90-55)51(78)79)88-53-35(57)39(69)37(67)26(4)85-53)31(65)12-11-30(64)58-13-19-80-17-10-18-82-54-42(72)40(70)44(46(89-54)50(76)77)87-52-34(56)38(68)36(66)25(3)84-52;;;;;;;2*1-5(2,3)4/h5-6,24-26,28-29,32-47,52-57,66-73H,1-4,7-23H2,(H,58,64)(H,76,77)(H,78,79);;;;;;;2*(H2,1,2,3,4)/q-4;6*+1;;/p-4/t25?,26?,28-,29+,32+,33-,34?,35?,36-,37-,38-,39-,40-,41-,42?,43?,44+,45+,46?,47?,52-,53-,54-,55-;;;;;;;;/m1......../s1. The molecule has 7 rings (SSSR count). The predicted octanol–water partition coefficient (Wildman–Crippen LogP) is -27.5. The number of aliphatic hydroxyl groups excluding tert-OH is 8. The van der Waals surface area contributed by atoms with E-state index in [9.17, 15) is 79.8 Å². The number of hydrogen-bond donors (Lipinski definition) is 11. The molecule has 51 heteroatoms. The Hall–Kier alpha value is 0.540. The van der Waals surface area contributed by atoms with Crippen molar-refractivity contribution < 1.29 is 344 Å². The summed E-state index contributed by atoms with van der Waals surface area (Å²) < 4.78 is 127. The molecule has 1 aromatic rings. The number of fused-ring (bicyclic) bond motifs is 1. The maximum Gasteiger partial charge on any atom is 1.00 e. The van der Waals surface area contributed by atoms with Crippen molar-refractivity contribution in [3.05, 3.63) is 62.5 Å². The Bertz CT molecular complexity index is 3030. The minimum atomic E-state index is -4.92. The third-order valence-electron chi connectivity index (χ3n) is 15.9. The van der Waals surface area contributed by atoms with E-state index >= 15 is 0 Å². The molecule has 6 aliphatic rings. The summed E-state index contributed by atoms with van der Waals surface area (Å²) in [5.74, 6) is -6.67. The van der Waals surface area contributed by atoms with Gasteiger partial charge in [-0.1, -0.05) is 29.4 Å². The summed E-state index contributed by atoms with van der Waals surface area (Å²) in [5, 5.41) is 118. The second kappa shape index (κ2) is 52.3. The van der Waals surface area contributed by atoms with Crippen molar-refractivity contribution in [3.8, 4) is 0 Å². The monoisotopic (exact) mass is 1620 g/mol. The number of nitrogens with zero attached hydrogens (tertiary/aromatic N) is 5. The molecule has 1 aromatic heterocycles. The molecule has 6 saturated heterocycles. The smallest absolute Gasteiger partial charge is 0.726 e. The zero-order valence-corrected chi connectivity index (χ0v) is 72.8. The minimum absolute atomic E-state index is 0. The Morgan fingerprint density at radius 3 is 1.50 bits per heavy atom. The molecule has 7 heterocycles. The third kappa shape index (κ3) is 33.6. The molecule has 0 spiro atoms. The van der Waals surface area contributed by atoms with Gasteiger partial charge in [0.05, 0.1) is 113 Å². The number of aliphatic hydroxyl groups is 8. The van der Waals surface area contributed by atoms with Crippen molar-refractivity contribution in [2.24, 2.45) is 11.8 Å². The molecule has 6 aliphatic heterocycles. The number of carboxylic acids is 2. The molecular formula is C55H82N8Na6O35S2-2. The number of aromatic nitrogens is 3. The fourth-order valence-electron chi connectivity index (χ4n) is 10.9. The molecule has 8 unspecified atom stereocenters. The van der Waals surface area contributed by atoms with Crippen molar-refractivity contribution in [2.45, 2.75) is 187 Å². The number of imide groups is 1. The number of carbonyl (C=O) groups is 6. The van der Waals surface area contributed by atoms with Crippen LogP contribution in [0.4, 0.5) is 0 Å². The molecule has 572 valence electrons. The number of amides is 4. The first kappa shape index (κ1) is 109. The number of ether oxygens (including phenoxy) is 11. The number of unbranched alkanes of at least 4 members (excludes halogenated alkanes) is 2. The van der Waals surface area contributed by atoms with Crippen molar-refractivity contribution in [1.82, 2.24) is 30.1 Å². The van der Waals surface area contributed by atoms with Gasteiger partial charge < -0.3 is 157 Å². The minimum Gasteiger partial charge on any atom is -0.726 e. The van der Waals surface area contributed by atoms with Crippen LogP contribution >= 0.6 is 0 Å². The second-order valence-corrected chi connectivity index (χ2v) is 24.8. The fraction of sp³-hybridized carbons (Fsp3) is 0.745. The summed E-state index contributed by atoms with van der Waals surface area (Å²) in [6.07, 6.45) is -26.7. The van der Waals surface area contributed by atoms with E-state index in [2.05, 4.69) is 42.6 Å². The Labute approximate surface area is 742 Å². The van der Waals surface area contributed by atoms with Crippen LogP contribution in [0.15, 0.2) is 31.5 Å². The van der Waals surface area contributed by atoms with Crippen molar-refractivity contribution in [3.63, 3.8) is 0 Å². The Morgan fingerprint density at radius 1 is 0.594 bits per heavy atom. The Morgan fingerprint density at radius 2 is 1.05 bits per heavy atom. The van der Waals surface area contributed by atoms with E-state index in [1.807, 2.05) is 0 Å². The topological polar surface area (TPSA) is 664 Å². The molecule has 6 fully saturated rings. The van der Waals surface area contributed by atoms with Gasteiger partial charge in [0.25, 0.3) is 0 Å². The predicted molar refractivity (Wildman–Crippen MR) is 316 cm³/mol. The van der Waals surface area contributed by atoms with Crippen LogP contribution in [0.2, 0.25) is 0 Å². The molecule has 24 atom stereocenters. The van der Waals surface area contributed by atoms with Gasteiger partial charge in [0, 0.05) is 39.1 Å². The summed E-state index contributed by atoms with van der Waals surface area (Å²) in [5.41, 5.74) is 16.5. The molecule has 106 heavy (non-hydrogen) atoms. The number of likely N-dealkylation sites (tertiary alicyclic amines) is 1. The first-order valence-corrected chi connectivity index (χ1v) is 33.4. The van der Waals surface area contributed by atoms with Crippen LogP contribution in [0.3, 0.4) is 0 Å². The molecule has 0 saturated carbocycles. The summed E-state index contributed by atoms with van der Waals surface area (Å²) in [6, 6.07) is -3.29. The van der Waals surface area contributed by atoms with Gasteiger partial charge >= 0.3 is 177 Å². The number of nitrogens with one attached hydrogen (secondary N) is 3. The first-order chi connectivity index (χ1) is 46.9. The largest absolute Gasteiger partial charge is 1.00 e. The SMILES string of the molecule is C=C[C@@H]1O[C@H](C=C)[C@@H]2C(=O)N(CCCCCN(Cc3cn(CCOCCO[C@@H]4OC(C(=O)[O-])[C@@H](O[C@H]5OC([CH2-])[C@@H](O)[C@H](O)C5[NH-])[C@H](O)C4O)nn3)C(=O)CCC(=O)NCCOCCCO[C@@H]3OC(C(=O)[O-])[C@@H](O[C@H]4OC([CH2-])[C@@H](O)[C@H](O)C4[NH-])[C@H](O)C3O)C(=O)[C@@H]21.O=S(=O)([O-])O.O=S(=O)([O-])O.[Na+].[Na+].[Na+].[Na+].[Na+].[Na+]. The van der Waals surface area contributed by atoms with E-state index in [-0.39, 0.29) is 281 Å². The van der Waals surface area contributed by atoms with Crippen LogP contribution in [0.1, 0.15) is 44.2 Å². The number of rotatable bonds is 34. The van der Waals surface area contributed by atoms with Gasteiger partial charge in [0.2, 0.25) is 44.4 Å². The molecule has 43 nitrogen and oxygen atoms in total. The van der Waals surface area contributed by atoms with Crippen LogP contribution < -0.4 is 193 Å². The maximum absolute atomic E-state index is 13.8. The zero-order valence-electron chi connectivity index (χ0n) is 59.2. The van der Waals surface area contributed by atoms with Gasteiger partial charge in [0.1, 0.15) is 67.1 Å². The van der Waals surface area contributed by atoms with Crippen LogP contribution in [-0.2, 0) is 115 Å². The second-order valence-electron chi connectivity index (χ2n) is 23.0. The summed E-state index contributed by atoms with van der Waals surface area (Å²) >= 11 is 0. The normalized spacial score (nSPS) is 32.5. The summed E-state index contributed by atoms with van der Waals surface area (Å²) in [4.78, 5) is 80.1. The van der Waals surface area contributed by atoms with E-state index in [4.69, 9.17) is 98.6 Å². The number of hydrogen-bond acceptors (Lipinski definition) is 35. The average molecular weight is 1620 g/mol. The average Bonchev–Trinajstić information content (AvgIpc) is 0.840. The van der Waals surface area contributed by atoms with E-state index < -0.39 is 191 Å². The van der Waals surface area contributed by atoms with Crippen molar-refractivity contribution >= 4 is 56.4 Å².